The SMILES string of the molecule is CC1(C)CC[C@]2(NS(=O)(=O)CC(F)(F)F)CC[C@]3(C)[C@H](C(=O)C=C4[C@@]5(C)C=C(C#N)C(=O)C(C)(C)[C@@H]5CC[C@]43C)[C@H]2C1. The van der Waals surface area contributed by atoms with Gasteiger partial charge in [-0.15, -0.1) is 0 Å². The molecule has 5 aliphatic rings. The number of nitriles is 1. The molecule has 0 aromatic heterocycles. The highest BCUT2D eigenvalue weighted by Gasteiger charge is 2.70. The standard InChI is InChI=1S/C32H43F3N2O4S/c1-26(2)10-12-31(37-42(40,41)18-32(33,34)35)13-11-30(7)24(20(31)16-26)21(38)14-23-28(5)15-19(17-36)25(39)27(3,4)22(28)8-9-29(23,30)6/h14-15,20,22,24,37H,8-13,16,18H2,1-7H3/t20-,22+,24+,28+,29-,30-,31+/m1/s1. The van der Waals surface area contributed by atoms with Crippen molar-refractivity contribution in [2.75, 3.05) is 5.75 Å². The molecule has 5 rings (SSSR count). The lowest BCUT2D eigenvalue weighted by molar-refractivity contribution is -0.159. The summed E-state index contributed by atoms with van der Waals surface area (Å²) < 4.78 is 68.1. The molecule has 232 valence electrons. The van der Waals surface area contributed by atoms with Crippen LogP contribution >= 0.6 is 0 Å². The van der Waals surface area contributed by atoms with Crippen LogP contribution in [-0.2, 0) is 19.6 Å². The molecule has 0 amide bonds. The van der Waals surface area contributed by atoms with Gasteiger partial charge in [-0.1, -0.05) is 60.1 Å². The zero-order valence-corrected chi connectivity index (χ0v) is 26.5. The molecule has 0 spiro atoms. The fourth-order valence-corrected chi connectivity index (χ4v) is 11.8. The summed E-state index contributed by atoms with van der Waals surface area (Å²) in [5.74, 6) is -3.41. The Morgan fingerprint density at radius 3 is 2.21 bits per heavy atom. The van der Waals surface area contributed by atoms with Crippen LogP contribution in [0.2, 0.25) is 0 Å². The molecule has 0 bridgehead atoms. The molecule has 0 aromatic carbocycles. The molecule has 0 radical (unpaired) electrons. The highest BCUT2D eigenvalue weighted by atomic mass is 32.2. The predicted octanol–water partition coefficient (Wildman–Crippen LogP) is 6.44. The zero-order chi connectivity index (χ0) is 31.5. The summed E-state index contributed by atoms with van der Waals surface area (Å²) in [7, 11) is -4.69. The third kappa shape index (κ3) is 4.38. The van der Waals surface area contributed by atoms with Crippen LogP contribution in [0, 0.1) is 56.2 Å². The van der Waals surface area contributed by atoms with E-state index in [0.29, 0.717) is 44.9 Å². The van der Waals surface area contributed by atoms with Gasteiger partial charge < -0.3 is 0 Å². The minimum absolute atomic E-state index is 0.104. The summed E-state index contributed by atoms with van der Waals surface area (Å²) in [6.07, 6.45) is 2.39. The lowest BCUT2D eigenvalue weighted by Crippen LogP contribution is -2.70. The Balaban J connectivity index is 1.65. The summed E-state index contributed by atoms with van der Waals surface area (Å²) in [4.78, 5) is 27.7. The maximum atomic E-state index is 14.4. The Labute approximate surface area is 247 Å². The highest BCUT2D eigenvalue weighted by Crippen LogP contribution is 2.73. The summed E-state index contributed by atoms with van der Waals surface area (Å²) in [5.41, 5.74) is -2.89. The van der Waals surface area contributed by atoms with Crippen LogP contribution in [0.25, 0.3) is 0 Å². The third-order valence-corrected chi connectivity index (χ3v) is 14.0. The van der Waals surface area contributed by atoms with Crippen molar-refractivity contribution in [1.29, 1.82) is 5.26 Å². The second kappa shape index (κ2) is 9.03. The number of rotatable bonds is 3. The Morgan fingerprint density at radius 2 is 1.62 bits per heavy atom. The van der Waals surface area contributed by atoms with Gasteiger partial charge in [0, 0.05) is 22.3 Å². The molecule has 0 unspecified atom stereocenters. The molecule has 3 saturated carbocycles. The Kier molecular flexibility index (Phi) is 6.76. The first-order chi connectivity index (χ1) is 19.0. The van der Waals surface area contributed by atoms with E-state index in [1.807, 2.05) is 20.8 Å². The number of hydrogen-bond donors (Lipinski definition) is 1. The predicted molar refractivity (Wildman–Crippen MR) is 152 cm³/mol. The smallest absolute Gasteiger partial charge is 0.295 e. The Hall–Kier alpha value is -1.99. The van der Waals surface area contributed by atoms with Gasteiger partial charge >= 0.3 is 6.18 Å². The zero-order valence-electron chi connectivity index (χ0n) is 25.7. The molecular weight excluding hydrogens is 565 g/mol. The molecule has 6 nitrogen and oxygen atoms in total. The molecule has 10 heteroatoms. The number of sulfonamides is 1. The normalized spacial score (nSPS) is 42.6. The summed E-state index contributed by atoms with van der Waals surface area (Å²) in [6.45, 7) is 14.2. The van der Waals surface area contributed by atoms with Gasteiger partial charge in [-0.25, -0.2) is 13.1 Å². The number of hydrogen-bond acceptors (Lipinski definition) is 5. The van der Waals surface area contributed by atoms with Crippen LogP contribution in [0.15, 0.2) is 23.3 Å². The number of halogens is 3. The van der Waals surface area contributed by atoms with Crippen LogP contribution in [0.3, 0.4) is 0 Å². The minimum atomic E-state index is -4.88. The van der Waals surface area contributed by atoms with E-state index < -0.39 is 61.0 Å². The highest BCUT2D eigenvalue weighted by molar-refractivity contribution is 7.89. The van der Waals surface area contributed by atoms with Gasteiger partial charge in [0.05, 0.1) is 5.57 Å². The fourth-order valence-electron chi connectivity index (χ4n) is 10.4. The van der Waals surface area contributed by atoms with Crippen molar-refractivity contribution >= 4 is 21.6 Å². The summed E-state index contributed by atoms with van der Waals surface area (Å²) in [6, 6.07) is 2.10. The van der Waals surface area contributed by atoms with Gasteiger partial charge in [0.25, 0.3) is 0 Å². The van der Waals surface area contributed by atoms with Crippen molar-refractivity contribution in [1.82, 2.24) is 4.72 Å². The number of carbonyl (C=O) groups excluding carboxylic acids is 2. The quantitative estimate of drug-likeness (QED) is 0.397. The largest absolute Gasteiger partial charge is 0.404 e. The van der Waals surface area contributed by atoms with Gasteiger partial charge in [0.1, 0.15) is 6.07 Å². The monoisotopic (exact) mass is 608 g/mol. The van der Waals surface area contributed by atoms with E-state index in [4.69, 9.17) is 0 Å². The van der Waals surface area contributed by atoms with Crippen LogP contribution in [0.1, 0.15) is 93.4 Å². The van der Waals surface area contributed by atoms with Crippen LogP contribution in [0.5, 0.6) is 0 Å². The summed E-state index contributed by atoms with van der Waals surface area (Å²) in [5, 5.41) is 9.87. The molecule has 0 saturated heterocycles. The average molecular weight is 609 g/mol. The lowest BCUT2D eigenvalue weighted by atomic mass is 9.35. The van der Waals surface area contributed by atoms with E-state index in [1.165, 1.54) is 0 Å². The number of nitrogens with one attached hydrogen (secondary N) is 1. The van der Waals surface area contributed by atoms with Gasteiger partial charge in [-0.2, -0.15) is 18.4 Å². The number of carbonyl (C=O) groups is 2. The number of nitrogens with zero attached hydrogens (tertiary/aromatic N) is 1. The second-order valence-corrected chi connectivity index (χ2v) is 17.6. The molecule has 0 aromatic rings. The lowest BCUT2D eigenvalue weighted by Gasteiger charge is -2.69. The third-order valence-electron chi connectivity index (χ3n) is 12.6. The molecule has 5 aliphatic carbocycles. The number of fused-ring (bicyclic) bond motifs is 7. The first-order valence-electron chi connectivity index (χ1n) is 15.0. The van der Waals surface area contributed by atoms with E-state index in [9.17, 15) is 36.4 Å². The second-order valence-electron chi connectivity index (χ2n) is 15.9. The fraction of sp³-hybridized carbons (Fsp3) is 0.781. The van der Waals surface area contributed by atoms with Crippen LogP contribution < -0.4 is 4.72 Å². The molecule has 0 heterocycles. The molecule has 0 aliphatic heterocycles. The van der Waals surface area contributed by atoms with E-state index in [2.05, 4.69) is 38.5 Å². The van der Waals surface area contributed by atoms with E-state index >= 15 is 0 Å². The van der Waals surface area contributed by atoms with Gasteiger partial charge in [-0.05, 0) is 79.1 Å². The van der Waals surface area contributed by atoms with Crippen molar-refractivity contribution < 1.29 is 31.2 Å². The van der Waals surface area contributed by atoms with Gasteiger partial charge in [0.2, 0.25) is 10.0 Å². The van der Waals surface area contributed by atoms with Crippen LogP contribution in [0.4, 0.5) is 13.2 Å². The van der Waals surface area contributed by atoms with Gasteiger partial charge in [0.15, 0.2) is 17.3 Å². The van der Waals surface area contributed by atoms with Crippen molar-refractivity contribution in [2.45, 2.75) is 105 Å². The first kappa shape index (κ1) is 31.4. The average Bonchev–Trinajstić information content (AvgIpc) is 2.82. The molecule has 7 atom stereocenters. The molecule has 42 heavy (non-hydrogen) atoms. The first-order valence-corrected chi connectivity index (χ1v) is 16.6. The maximum Gasteiger partial charge on any atom is 0.404 e. The van der Waals surface area contributed by atoms with Crippen molar-refractivity contribution in [2.24, 2.45) is 44.8 Å². The number of alkyl halides is 3. The minimum Gasteiger partial charge on any atom is -0.295 e. The summed E-state index contributed by atoms with van der Waals surface area (Å²) >= 11 is 0. The van der Waals surface area contributed by atoms with E-state index in [0.717, 1.165) is 5.57 Å². The Morgan fingerprint density at radius 1 is 1.00 bits per heavy atom. The molecule has 3 fully saturated rings. The number of allylic oxidation sites excluding steroid dienone is 4. The Bertz CT molecular complexity index is 1450. The van der Waals surface area contributed by atoms with E-state index in [1.54, 1.807) is 12.2 Å². The number of Topliss-reactive ketones (excluding diaryl/α,β-unsaturated/α-hetero) is 1. The molecule has 1 N–H and O–H groups in total. The maximum absolute atomic E-state index is 14.4. The topological polar surface area (TPSA) is 104 Å². The number of ketones is 2. The van der Waals surface area contributed by atoms with Crippen LogP contribution in [-0.4, -0.2) is 37.5 Å². The van der Waals surface area contributed by atoms with Crippen molar-refractivity contribution in [3.63, 3.8) is 0 Å². The van der Waals surface area contributed by atoms with Crippen molar-refractivity contribution in [3.8, 4) is 6.07 Å². The molecular formula is C32H43F3N2O4S. The van der Waals surface area contributed by atoms with Crippen molar-refractivity contribution in [3.05, 3.63) is 23.3 Å². The van der Waals surface area contributed by atoms with Gasteiger partial charge in [-0.3, -0.25) is 9.59 Å². The van der Waals surface area contributed by atoms with E-state index in [-0.39, 0.29) is 28.5 Å².